The molecule has 0 amide bonds. The van der Waals surface area contributed by atoms with Crippen molar-refractivity contribution in [2.75, 3.05) is 0 Å². The number of fused-ring (bicyclic) bond motifs is 10. The van der Waals surface area contributed by atoms with Crippen LogP contribution in [-0.4, -0.2) is 81.3 Å². The summed E-state index contributed by atoms with van der Waals surface area (Å²) in [6, 6.07) is 4.18. The van der Waals surface area contributed by atoms with E-state index in [1.54, 1.807) is 0 Å². The molecule has 3 heterocycles. The third-order valence-corrected chi connectivity index (χ3v) is 25.8. The molecule has 536 valence electrons. The first kappa shape index (κ1) is 79.4. The van der Waals surface area contributed by atoms with Gasteiger partial charge in [-0.05, 0) is 0 Å². The maximum atomic E-state index is 20.4. The third kappa shape index (κ3) is 20.3. The molecule has 8 nitrogen and oxygen atoms in total. The van der Waals surface area contributed by atoms with Gasteiger partial charge in [-0.2, -0.15) is 0 Å². The monoisotopic (exact) mass is 1460 g/mol. The summed E-state index contributed by atoms with van der Waals surface area (Å²) in [6.45, 7) is 17.5. The summed E-state index contributed by atoms with van der Waals surface area (Å²) in [4.78, 5) is 0. The van der Waals surface area contributed by atoms with E-state index in [1.807, 2.05) is 6.07 Å². The van der Waals surface area contributed by atoms with Crippen molar-refractivity contribution >= 4 is 77.2 Å². The molecule has 3 aliphatic rings. The predicted octanol–water partition coefficient (Wildman–Crippen LogP) is 22.8. The minimum atomic E-state index is -1.81. The van der Waals surface area contributed by atoms with Crippen molar-refractivity contribution in [3.63, 3.8) is 0 Å². The van der Waals surface area contributed by atoms with Crippen LogP contribution in [0, 0.1) is 11.6 Å². The summed E-state index contributed by atoms with van der Waals surface area (Å²) in [5.41, 5.74) is 5.31. The fourth-order valence-electron chi connectivity index (χ4n) is 17.2. The second-order valence-corrected chi connectivity index (χ2v) is 33.7. The minimum Gasteiger partial charge on any atom is -0.0654 e. The van der Waals surface area contributed by atoms with E-state index in [1.165, 1.54) is 231 Å². The Labute approximate surface area is 596 Å². The van der Waals surface area contributed by atoms with Crippen molar-refractivity contribution in [3.8, 4) is 22.3 Å². The van der Waals surface area contributed by atoms with E-state index in [0.29, 0.717) is 81.0 Å². The zero-order valence-electron chi connectivity index (χ0n) is 62.2. The van der Waals surface area contributed by atoms with E-state index in [-0.39, 0.29) is 11.6 Å². The van der Waals surface area contributed by atoms with Crippen molar-refractivity contribution in [1.29, 1.82) is 0 Å². The minimum absolute atomic E-state index is 0.302. The van der Waals surface area contributed by atoms with Gasteiger partial charge >= 0.3 is 419 Å². The topological polar surface area (TPSA) is 110 Å². The molecule has 0 saturated carbocycles. The van der Waals surface area contributed by atoms with Gasteiger partial charge in [0.15, 0.2) is 0 Å². The molecule has 2 aromatic heterocycles. The third-order valence-electron chi connectivity index (χ3n) is 23.6. The summed E-state index contributed by atoms with van der Waals surface area (Å²) in [7, 11) is -2.53. The van der Waals surface area contributed by atoms with Gasteiger partial charge in [0.1, 0.15) is 0 Å². The Hall–Kier alpha value is -2.27. The van der Waals surface area contributed by atoms with E-state index in [9.17, 15) is 10.0 Å². The van der Waals surface area contributed by atoms with Gasteiger partial charge in [-0.15, -0.1) is 0 Å². The predicted molar refractivity (Wildman–Crippen MR) is 407 cm³/mol. The SMILES string of the molecule is CCCCCCCCCCCCCCC1(CCCCCCCCCCCCCC)c2cc(B(O)O)c3n[se]nc3c2-c2c(F)c3c(c(F)c21)-c1c(cc(B2OC(C)(C)C(C)(C)O2)c2n[se]nc12)C3(CCCCCCCCCCCCCC)CCCCCCCCCCCCCC. The summed E-state index contributed by atoms with van der Waals surface area (Å²) < 4.78 is 75.3. The van der Waals surface area contributed by atoms with E-state index in [2.05, 4.69) is 61.5 Å². The summed E-state index contributed by atoms with van der Waals surface area (Å²) >= 11 is -1.08. The Morgan fingerprint density at radius 2 is 0.604 bits per heavy atom. The Balaban J connectivity index is 1.23. The quantitative estimate of drug-likeness (QED) is 0.0293. The molecule has 0 atom stereocenters. The molecule has 1 fully saturated rings. The molecule has 8 rings (SSSR count). The number of unbranched alkanes of at least 4 members (excludes halogenated alkanes) is 44. The van der Waals surface area contributed by atoms with Crippen LogP contribution in [0.3, 0.4) is 0 Å². The van der Waals surface area contributed by atoms with E-state index >= 15 is 8.78 Å². The standard InChI is InChI=1S/C82H132B2F2N4O4Se2/c1-9-13-17-21-25-29-33-37-41-45-49-53-57-81(58-54-50-46-42-38-34-30-26-22-18-14-10-2)63-61-65(83(91)92)75-77(89-95-87-75)67(63)69-71(81)74(86)70-68-64(62-66(76-78(68)90-96-88-76)84-93-79(5,6)80(7,8)94-84)82(72(70)73(69)85,59-55-51-47-43-39-35-31-27-23-19-15-11-3)60-56-52-48-44-40-36-32-28-24-20-16-12-4/h61-62,91-92H,9-60H2,1-8H3. The number of benzene rings is 3. The van der Waals surface area contributed by atoms with Gasteiger partial charge in [0, 0.05) is 0 Å². The van der Waals surface area contributed by atoms with Crippen molar-refractivity contribution in [2.24, 2.45) is 0 Å². The zero-order chi connectivity index (χ0) is 68.2. The Kier molecular flexibility index (Phi) is 34.0. The van der Waals surface area contributed by atoms with Crippen LogP contribution in [0.15, 0.2) is 12.1 Å². The van der Waals surface area contributed by atoms with Gasteiger partial charge in [0.05, 0.1) is 0 Å². The zero-order valence-corrected chi connectivity index (χ0v) is 65.6. The van der Waals surface area contributed by atoms with Crippen molar-refractivity contribution in [3.05, 3.63) is 46.0 Å². The van der Waals surface area contributed by atoms with Crippen LogP contribution in [0.1, 0.15) is 412 Å². The van der Waals surface area contributed by atoms with E-state index in [4.69, 9.17) is 25.2 Å². The summed E-state index contributed by atoms with van der Waals surface area (Å²) in [6.07, 6.45) is 61.0. The fraction of sp³-hybridized carbons (Fsp3) is 0.780. The molecule has 0 radical (unpaired) electrons. The first-order chi connectivity index (χ1) is 46.7. The maximum absolute atomic E-state index is 20.4. The molecule has 2 aliphatic carbocycles. The van der Waals surface area contributed by atoms with Crippen LogP contribution >= 0.6 is 0 Å². The van der Waals surface area contributed by atoms with E-state index < -0.39 is 66.2 Å². The molecule has 5 aromatic rings. The van der Waals surface area contributed by atoms with Crippen molar-refractivity contribution in [2.45, 2.75) is 411 Å². The fourth-order valence-corrected chi connectivity index (χ4v) is 19.6. The second-order valence-electron chi connectivity index (χ2n) is 31.5. The summed E-state index contributed by atoms with van der Waals surface area (Å²) in [5, 5.41) is 22.7. The van der Waals surface area contributed by atoms with Crippen LogP contribution in [0.25, 0.3) is 44.3 Å². The van der Waals surface area contributed by atoms with Crippen molar-refractivity contribution in [1.82, 2.24) is 15.9 Å². The number of hydrogen-bond donors (Lipinski definition) is 2. The average Bonchev–Trinajstić information content (AvgIpc) is 1.50. The Bertz CT molecular complexity index is 3000. The summed E-state index contributed by atoms with van der Waals surface area (Å²) in [5.74, 6) is -0.632. The van der Waals surface area contributed by atoms with Crippen LogP contribution in [0.4, 0.5) is 8.78 Å². The van der Waals surface area contributed by atoms with Gasteiger partial charge < -0.3 is 0 Å². The van der Waals surface area contributed by atoms with Crippen molar-refractivity contribution < 1.29 is 28.1 Å². The normalized spacial score (nSPS) is 15.6. The van der Waals surface area contributed by atoms with Crippen LogP contribution in [0.5, 0.6) is 0 Å². The van der Waals surface area contributed by atoms with Gasteiger partial charge in [0.25, 0.3) is 0 Å². The van der Waals surface area contributed by atoms with Gasteiger partial charge in [-0.25, -0.2) is 0 Å². The molecule has 3 aromatic carbocycles. The Morgan fingerprint density at radius 3 is 0.896 bits per heavy atom. The number of aromatic nitrogens is 4. The average molecular weight is 1460 g/mol. The Morgan fingerprint density at radius 1 is 0.354 bits per heavy atom. The molecule has 96 heavy (non-hydrogen) atoms. The van der Waals surface area contributed by atoms with Crippen LogP contribution in [0.2, 0.25) is 0 Å². The van der Waals surface area contributed by atoms with Crippen LogP contribution < -0.4 is 10.9 Å². The van der Waals surface area contributed by atoms with Crippen LogP contribution in [-0.2, 0) is 20.1 Å². The molecule has 2 N–H and O–H groups in total. The van der Waals surface area contributed by atoms with Gasteiger partial charge in [0.2, 0.25) is 0 Å². The number of halogens is 2. The van der Waals surface area contributed by atoms with Gasteiger partial charge in [-0.1, -0.05) is 182 Å². The molecule has 1 saturated heterocycles. The van der Waals surface area contributed by atoms with Gasteiger partial charge in [-0.3, -0.25) is 0 Å². The number of nitrogens with zero attached hydrogens (tertiary/aromatic N) is 4. The second kappa shape index (κ2) is 41.1. The molecule has 0 spiro atoms. The first-order valence-electron chi connectivity index (χ1n) is 40.6. The molecule has 0 unspecified atom stereocenters. The first-order valence-corrected chi connectivity index (χ1v) is 43.7. The molecular weight excluding hydrogens is 1320 g/mol. The molecule has 0 bridgehead atoms. The van der Waals surface area contributed by atoms with E-state index in [0.717, 1.165) is 99.2 Å². The molecule has 14 heteroatoms. The number of rotatable bonds is 54. The molecular formula is C82H132B2F2N4O4Se2. The smallest absolute Gasteiger partial charge is 0.0654 e. The molecule has 1 aliphatic heterocycles. The number of hydrogen-bond acceptors (Lipinski definition) is 8.